The number of carbonyl (C=O) groups is 1. The number of anilines is 1. The predicted octanol–water partition coefficient (Wildman–Crippen LogP) is 0.167. The van der Waals surface area contributed by atoms with E-state index in [0.29, 0.717) is 12.4 Å². The van der Waals surface area contributed by atoms with Gasteiger partial charge in [-0.05, 0) is 0 Å². The van der Waals surface area contributed by atoms with Crippen LogP contribution < -0.4 is 10.2 Å². The molecule has 1 aromatic heterocycles. The molecule has 0 aliphatic heterocycles. The summed E-state index contributed by atoms with van der Waals surface area (Å²) >= 11 is 0. The fourth-order valence-corrected chi connectivity index (χ4v) is 1.52. The molecule has 0 saturated carbocycles. The van der Waals surface area contributed by atoms with Crippen molar-refractivity contribution in [3.05, 3.63) is 18.1 Å². The normalized spacial score (nSPS) is 11.4. The van der Waals surface area contributed by atoms with Gasteiger partial charge in [-0.2, -0.15) is 5.26 Å². The highest BCUT2D eigenvalue weighted by molar-refractivity contribution is 5.78. The molecule has 0 bridgehead atoms. The zero-order valence-electron chi connectivity index (χ0n) is 10.1. The van der Waals surface area contributed by atoms with Gasteiger partial charge in [0.15, 0.2) is 11.5 Å². The molecule has 1 unspecified atom stereocenters. The van der Waals surface area contributed by atoms with Crippen molar-refractivity contribution >= 4 is 11.7 Å². The van der Waals surface area contributed by atoms with Gasteiger partial charge in [-0.15, -0.1) is 0 Å². The predicted molar refractivity (Wildman–Crippen MR) is 63.2 cm³/mol. The summed E-state index contributed by atoms with van der Waals surface area (Å²) in [7, 11) is 3.38. The average molecular weight is 233 g/mol. The fraction of sp³-hybridized carbons (Fsp3) is 0.455. The maximum absolute atomic E-state index is 11.4. The van der Waals surface area contributed by atoms with Gasteiger partial charge in [0.1, 0.15) is 6.07 Å². The summed E-state index contributed by atoms with van der Waals surface area (Å²) in [6.07, 6.45) is 3.00. The lowest BCUT2D eigenvalue weighted by molar-refractivity contribution is -0.123. The van der Waals surface area contributed by atoms with Crippen LogP contribution in [0, 0.1) is 17.2 Å². The van der Waals surface area contributed by atoms with E-state index in [4.69, 9.17) is 5.26 Å². The Morgan fingerprint density at radius 3 is 2.82 bits per heavy atom. The van der Waals surface area contributed by atoms with Crippen LogP contribution >= 0.6 is 0 Å². The third-order valence-corrected chi connectivity index (χ3v) is 2.39. The molecule has 0 radical (unpaired) electrons. The van der Waals surface area contributed by atoms with E-state index < -0.39 is 0 Å². The summed E-state index contributed by atoms with van der Waals surface area (Å²) in [5.41, 5.74) is 0.263. The standard InChI is InChI=1S/C11H15N5O/c1-8(11(17)13-2)7-16(3)10-9(6-12)14-4-5-15-10/h4-5,8H,7H2,1-3H3,(H,13,17). The number of nitrogens with zero attached hydrogens (tertiary/aromatic N) is 4. The molecule has 17 heavy (non-hydrogen) atoms. The highest BCUT2D eigenvalue weighted by Crippen LogP contribution is 2.13. The van der Waals surface area contributed by atoms with Gasteiger partial charge in [0.25, 0.3) is 0 Å². The van der Waals surface area contributed by atoms with E-state index in [2.05, 4.69) is 15.3 Å². The molecule has 0 fully saturated rings. The maximum Gasteiger partial charge on any atom is 0.224 e. The summed E-state index contributed by atoms with van der Waals surface area (Å²) in [4.78, 5) is 21.2. The molecule has 1 N–H and O–H groups in total. The Labute approximate surface area is 100 Å². The van der Waals surface area contributed by atoms with Gasteiger partial charge >= 0.3 is 0 Å². The molecule has 1 amide bonds. The molecule has 0 aliphatic carbocycles. The number of carbonyl (C=O) groups excluding carboxylic acids is 1. The first kappa shape index (κ1) is 12.9. The van der Waals surface area contributed by atoms with Crippen molar-refractivity contribution in [2.24, 2.45) is 5.92 Å². The van der Waals surface area contributed by atoms with E-state index in [-0.39, 0.29) is 17.5 Å². The number of hydrogen-bond donors (Lipinski definition) is 1. The van der Waals surface area contributed by atoms with Crippen LogP contribution in [0.1, 0.15) is 12.6 Å². The Balaban J connectivity index is 2.80. The topological polar surface area (TPSA) is 81.9 Å². The highest BCUT2D eigenvalue weighted by Gasteiger charge is 2.16. The van der Waals surface area contributed by atoms with Crippen LogP contribution in [0.25, 0.3) is 0 Å². The molecular formula is C11H15N5O. The van der Waals surface area contributed by atoms with Crippen LogP contribution in [0.2, 0.25) is 0 Å². The maximum atomic E-state index is 11.4. The van der Waals surface area contributed by atoms with Crippen LogP contribution in [0.5, 0.6) is 0 Å². The number of nitriles is 1. The molecule has 90 valence electrons. The van der Waals surface area contributed by atoms with Gasteiger partial charge < -0.3 is 10.2 Å². The second kappa shape index (κ2) is 5.80. The van der Waals surface area contributed by atoms with Gasteiger partial charge in [0.05, 0.1) is 5.92 Å². The first-order chi connectivity index (χ1) is 8.10. The average Bonchev–Trinajstić information content (AvgIpc) is 2.37. The van der Waals surface area contributed by atoms with Gasteiger partial charge in [0, 0.05) is 33.0 Å². The van der Waals surface area contributed by atoms with Crippen molar-refractivity contribution in [1.29, 1.82) is 5.26 Å². The molecule has 0 spiro atoms. The summed E-state index contributed by atoms with van der Waals surface area (Å²) < 4.78 is 0. The second-order valence-electron chi connectivity index (χ2n) is 3.74. The van der Waals surface area contributed by atoms with Crippen molar-refractivity contribution in [2.75, 3.05) is 25.5 Å². The van der Waals surface area contributed by atoms with Crippen LogP contribution in [-0.2, 0) is 4.79 Å². The molecule has 6 heteroatoms. The monoisotopic (exact) mass is 233 g/mol. The molecule has 1 atom stereocenters. The minimum atomic E-state index is -0.182. The quantitative estimate of drug-likeness (QED) is 0.801. The zero-order valence-corrected chi connectivity index (χ0v) is 10.1. The molecule has 6 nitrogen and oxygen atoms in total. The second-order valence-corrected chi connectivity index (χ2v) is 3.74. The van der Waals surface area contributed by atoms with E-state index in [1.54, 1.807) is 19.0 Å². The molecular weight excluding hydrogens is 218 g/mol. The van der Waals surface area contributed by atoms with Gasteiger partial charge in [-0.25, -0.2) is 9.97 Å². The molecule has 1 rings (SSSR count). The Morgan fingerprint density at radius 2 is 2.24 bits per heavy atom. The molecule has 0 aliphatic rings. The highest BCUT2D eigenvalue weighted by atomic mass is 16.1. The lowest BCUT2D eigenvalue weighted by Crippen LogP contribution is -2.35. The van der Waals surface area contributed by atoms with Crippen molar-refractivity contribution in [3.8, 4) is 6.07 Å². The first-order valence-corrected chi connectivity index (χ1v) is 5.24. The van der Waals surface area contributed by atoms with Crippen LogP contribution in [0.4, 0.5) is 5.82 Å². The van der Waals surface area contributed by atoms with Crippen molar-refractivity contribution in [1.82, 2.24) is 15.3 Å². The van der Waals surface area contributed by atoms with E-state index in [0.717, 1.165) is 0 Å². The summed E-state index contributed by atoms with van der Waals surface area (Å²) in [6, 6.07) is 1.98. The third-order valence-electron chi connectivity index (χ3n) is 2.39. The molecule has 1 heterocycles. The van der Waals surface area contributed by atoms with Crippen LogP contribution in [-0.4, -0.2) is 36.5 Å². The van der Waals surface area contributed by atoms with Crippen LogP contribution in [0.3, 0.4) is 0 Å². The number of nitrogens with one attached hydrogen (secondary N) is 1. The molecule has 1 aromatic rings. The van der Waals surface area contributed by atoms with Gasteiger partial charge in [-0.3, -0.25) is 4.79 Å². The fourth-order valence-electron chi connectivity index (χ4n) is 1.52. The SMILES string of the molecule is CNC(=O)C(C)CN(C)c1nccnc1C#N. The Hall–Kier alpha value is -2.16. The van der Waals surface area contributed by atoms with E-state index in [9.17, 15) is 4.79 Å². The number of hydrogen-bond acceptors (Lipinski definition) is 5. The number of aromatic nitrogens is 2. The van der Waals surface area contributed by atoms with E-state index >= 15 is 0 Å². The van der Waals surface area contributed by atoms with E-state index in [1.165, 1.54) is 12.4 Å². The first-order valence-electron chi connectivity index (χ1n) is 5.24. The van der Waals surface area contributed by atoms with E-state index in [1.807, 2.05) is 13.0 Å². The number of rotatable bonds is 4. The largest absolute Gasteiger partial charge is 0.359 e. The summed E-state index contributed by atoms with van der Waals surface area (Å²) in [5, 5.41) is 11.5. The van der Waals surface area contributed by atoms with Gasteiger partial charge in [-0.1, -0.05) is 6.92 Å². The lowest BCUT2D eigenvalue weighted by Gasteiger charge is -2.21. The summed E-state index contributed by atoms with van der Waals surface area (Å²) in [6.45, 7) is 2.30. The Kier molecular flexibility index (Phi) is 4.40. The zero-order chi connectivity index (χ0) is 12.8. The van der Waals surface area contributed by atoms with Gasteiger partial charge in [0.2, 0.25) is 5.91 Å². The molecule has 0 aromatic carbocycles. The summed E-state index contributed by atoms with van der Waals surface area (Å²) in [5.74, 6) is 0.267. The lowest BCUT2D eigenvalue weighted by atomic mass is 10.1. The Bertz CT molecular complexity index is 440. The number of amides is 1. The Morgan fingerprint density at radius 1 is 1.59 bits per heavy atom. The van der Waals surface area contributed by atoms with Crippen molar-refractivity contribution < 1.29 is 4.79 Å². The third kappa shape index (κ3) is 3.14. The smallest absolute Gasteiger partial charge is 0.224 e. The minimum Gasteiger partial charge on any atom is -0.359 e. The van der Waals surface area contributed by atoms with Crippen molar-refractivity contribution in [2.45, 2.75) is 6.92 Å². The van der Waals surface area contributed by atoms with Crippen molar-refractivity contribution in [3.63, 3.8) is 0 Å². The molecule has 0 saturated heterocycles. The van der Waals surface area contributed by atoms with Crippen LogP contribution in [0.15, 0.2) is 12.4 Å². The minimum absolute atomic E-state index is 0.0424.